The van der Waals surface area contributed by atoms with Gasteiger partial charge in [0, 0.05) is 45.5 Å². The lowest BCUT2D eigenvalue weighted by Gasteiger charge is -2.12. The second kappa shape index (κ2) is 16.5. The lowest BCUT2D eigenvalue weighted by atomic mass is 9.93. The van der Waals surface area contributed by atoms with Crippen LogP contribution in [-0.4, -0.2) is 24.5 Å². The maximum absolute atomic E-state index is 5.07. The minimum absolute atomic E-state index is 0.613. The lowest BCUT2D eigenvalue weighted by molar-refractivity contribution is 1.07. The highest BCUT2D eigenvalue weighted by Gasteiger charge is 2.18. The van der Waals surface area contributed by atoms with Gasteiger partial charge in [-0.05, 0) is 80.6 Å². The van der Waals surface area contributed by atoms with Gasteiger partial charge in [0.25, 0.3) is 0 Å². The molecule has 5 heteroatoms. The summed E-state index contributed by atoms with van der Waals surface area (Å²) < 4.78 is 2.38. The molecule has 63 heavy (non-hydrogen) atoms. The molecule has 0 amide bonds. The maximum atomic E-state index is 5.07. The van der Waals surface area contributed by atoms with Crippen LogP contribution in [-0.2, 0) is 0 Å². The van der Waals surface area contributed by atoms with Crippen molar-refractivity contribution in [3.05, 3.63) is 237 Å². The zero-order valence-electron chi connectivity index (χ0n) is 34.3. The van der Waals surface area contributed by atoms with Gasteiger partial charge in [-0.3, -0.25) is 4.98 Å². The molecule has 0 atom stereocenters. The molecular formula is C58H39N5. The monoisotopic (exact) mass is 805 g/mol. The molecule has 0 aliphatic rings. The second-order valence-electron chi connectivity index (χ2n) is 15.4. The highest BCUT2D eigenvalue weighted by atomic mass is 15.0. The predicted octanol–water partition coefficient (Wildman–Crippen LogP) is 14.6. The van der Waals surface area contributed by atoms with Gasteiger partial charge < -0.3 is 4.57 Å². The zero-order valence-corrected chi connectivity index (χ0v) is 34.3. The van der Waals surface area contributed by atoms with Gasteiger partial charge in [0.15, 0.2) is 17.5 Å². The molecule has 3 aromatic heterocycles. The number of fused-ring (bicyclic) bond motifs is 4. The Labute approximate surface area is 365 Å². The molecule has 5 nitrogen and oxygen atoms in total. The first-order valence-electron chi connectivity index (χ1n) is 21.1. The van der Waals surface area contributed by atoms with Gasteiger partial charge in [0.2, 0.25) is 0 Å². The van der Waals surface area contributed by atoms with Gasteiger partial charge in [-0.1, -0.05) is 188 Å². The summed E-state index contributed by atoms with van der Waals surface area (Å²) in [6, 6.07) is 78.8. The third kappa shape index (κ3) is 7.18. The number of aromatic nitrogens is 5. The molecule has 11 rings (SSSR count). The summed E-state index contributed by atoms with van der Waals surface area (Å²) in [5.41, 5.74) is 13.0. The van der Waals surface area contributed by atoms with Crippen LogP contribution in [0.4, 0.5) is 0 Å². The molecule has 8 aromatic carbocycles. The van der Waals surface area contributed by atoms with Crippen molar-refractivity contribution in [1.29, 1.82) is 0 Å². The Morgan fingerprint density at radius 3 is 1.35 bits per heavy atom. The van der Waals surface area contributed by atoms with Crippen molar-refractivity contribution in [2.45, 2.75) is 0 Å². The lowest BCUT2D eigenvalue weighted by Crippen LogP contribution is -2.00. The van der Waals surface area contributed by atoms with Gasteiger partial charge in [-0.2, -0.15) is 0 Å². The molecule has 0 aliphatic carbocycles. The van der Waals surface area contributed by atoms with Crippen LogP contribution in [0.15, 0.2) is 237 Å². The zero-order chi connectivity index (χ0) is 42.0. The van der Waals surface area contributed by atoms with Gasteiger partial charge in [0.1, 0.15) is 0 Å². The molecule has 0 bridgehead atoms. The van der Waals surface area contributed by atoms with Crippen LogP contribution in [0.5, 0.6) is 0 Å². The molecule has 0 spiro atoms. The van der Waals surface area contributed by atoms with Crippen LogP contribution >= 0.6 is 0 Å². The third-order valence-electron chi connectivity index (χ3n) is 11.6. The van der Waals surface area contributed by atoms with E-state index in [1.807, 2.05) is 54.9 Å². The number of benzene rings is 7. The standard InChI is InChI=1S/C58H39N5/c1-2-10-21-50(51-25-15-27-54-55(51)52-24-13-14-26-53(52)63(54)46-18-7-4-8-19-46)49-23-12-11-22-48(49)47(20-9-1)42-30-34-45(35-31-42)58-61-56(43-16-5-3-6-17-43)60-57(62-58)44-32-28-40(29-33-44)41-36-38-59-39-37-41/h1-39H. The third-order valence-corrected chi connectivity index (χ3v) is 11.6. The summed E-state index contributed by atoms with van der Waals surface area (Å²) in [5, 5.41) is 4.74. The van der Waals surface area contributed by atoms with Crippen LogP contribution in [0.1, 0.15) is 0 Å². The van der Waals surface area contributed by atoms with Gasteiger partial charge in [-0.15, -0.1) is 0 Å². The Bertz CT molecular complexity index is 3470. The Kier molecular flexibility index (Phi) is 9.80. The van der Waals surface area contributed by atoms with Crippen molar-refractivity contribution in [2.24, 2.45) is 0 Å². The Morgan fingerprint density at radius 1 is 0.270 bits per heavy atom. The largest absolute Gasteiger partial charge is 0.309 e. The Balaban J connectivity index is 1.05. The molecule has 0 radical (unpaired) electrons. The number of nitrogens with zero attached hydrogens (tertiary/aromatic N) is 5. The highest BCUT2D eigenvalue weighted by Crippen LogP contribution is 2.41. The smallest absolute Gasteiger partial charge is 0.164 e. The van der Waals surface area contributed by atoms with Crippen molar-refractivity contribution in [2.75, 3.05) is 0 Å². The molecular weight excluding hydrogens is 767 g/mol. The van der Waals surface area contributed by atoms with Crippen molar-refractivity contribution < 1.29 is 0 Å². The number of pyridine rings is 1. The SMILES string of the molecule is c1ccc(-c2nc(-c3ccc(-c4ccncc4)cc3)nc(-c3ccc(-c4ccccccc(-c5cccc6c5c5ccccc5n6-c5ccccc5)c5ccccc45)cc3)n2)cc1. The van der Waals surface area contributed by atoms with E-state index in [1.165, 1.54) is 27.4 Å². The highest BCUT2D eigenvalue weighted by molar-refractivity contribution is 6.18. The average Bonchev–Trinajstić information content (AvgIpc) is 3.71. The molecule has 0 fully saturated rings. The summed E-state index contributed by atoms with van der Waals surface area (Å²) in [4.78, 5) is 19.2. The summed E-state index contributed by atoms with van der Waals surface area (Å²) in [6.45, 7) is 0. The number of hydrogen-bond acceptors (Lipinski definition) is 4. The molecule has 3 heterocycles. The van der Waals surface area contributed by atoms with E-state index in [0.717, 1.165) is 61.0 Å². The van der Waals surface area contributed by atoms with Crippen LogP contribution in [0, 0.1) is 0 Å². The maximum Gasteiger partial charge on any atom is 0.164 e. The molecule has 11 aromatic rings. The normalized spacial score (nSPS) is 11.2. The fourth-order valence-corrected chi connectivity index (χ4v) is 8.66. The van der Waals surface area contributed by atoms with Crippen molar-refractivity contribution in [3.8, 4) is 73.2 Å². The molecule has 296 valence electrons. The first kappa shape index (κ1) is 37.5. The average molecular weight is 806 g/mol. The van der Waals surface area contributed by atoms with E-state index in [0.29, 0.717) is 17.5 Å². The quantitative estimate of drug-likeness (QED) is 0.161. The molecule has 0 saturated carbocycles. The van der Waals surface area contributed by atoms with E-state index >= 15 is 0 Å². The molecule has 0 N–H and O–H groups in total. The fraction of sp³-hybridized carbons (Fsp3) is 0. The number of hydrogen-bond donors (Lipinski definition) is 0. The van der Waals surface area contributed by atoms with E-state index in [9.17, 15) is 0 Å². The van der Waals surface area contributed by atoms with Crippen LogP contribution in [0.3, 0.4) is 0 Å². The summed E-state index contributed by atoms with van der Waals surface area (Å²) in [7, 11) is 0. The van der Waals surface area contributed by atoms with Gasteiger partial charge in [-0.25, -0.2) is 15.0 Å². The summed E-state index contributed by atoms with van der Waals surface area (Å²) in [6.07, 6.45) is 3.62. The van der Waals surface area contributed by atoms with Crippen molar-refractivity contribution >= 4 is 32.6 Å². The molecule has 0 unspecified atom stereocenters. The number of para-hydroxylation sites is 2. The summed E-state index contributed by atoms with van der Waals surface area (Å²) in [5.74, 6) is 1.86. The fourth-order valence-electron chi connectivity index (χ4n) is 8.66. The van der Waals surface area contributed by atoms with Crippen LogP contribution in [0.25, 0.3) is 106 Å². The minimum atomic E-state index is 0.613. The number of rotatable bonds is 7. The van der Waals surface area contributed by atoms with Crippen molar-refractivity contribution in [3.63, 3.8) is 0 Å². The Hall–Kier alpha value is -8.54. The Morgan fingerprint density at radius 2 is 0.698 bits per heavy atom. The minimum Gasteiger partial charge on any atom is -0.309 e. The van der Waals surface area contributed by atoms with E-state index in [1.54, 1.807) is 0 Å². The predicted molar refractivity (Wildman–Crippen MR) is 260 cm³/mol. The molecule has 0 aliphatic heterocycles. The van der Waals surface area contributed by atoms with E-state index < -0.39 is 0 Å². The van der Waals surface area contributed by atoms with Crippen molar-refractivity contribution in [1.82, 2.24) is 24.5 Å². The van der Waals surface area contributed by atoms with Gasteiger partial charge >= 0.3 is 0 Å². The van der Waals surface area contributed by atoms with E-state index in [-0.39, 0.29) is 0 Å². The topological polar surface area (TPSA) is 56.5 Å². The first-order valence-corrected chi connectivity index (χ1v) is 21.1. The molecule has 0 saturated heterocycles. The van der Waals surface area contributed by atoms with Gasteiger partial charge in [0.05, 0.1) is 11.0 Å². The van der Waals surface area contributed by atoms with Crippen LogP contribution < -0.4 is 0 Å². The van der Waals surface area contributed by atoms with Crippen LogP contribution in [0.2, 0.25) is 0 Å². The summed E-state index contributed by atoms with van der Waals surface area (Å²) >= 11 is 0. The van der Waals surface area contributed by atoms with E-state index in [4.69, 9.17) is 15.0 Å². The second-order valence-corrected chi connectivity index (χ2v) is 15.4. The first-order chi connectivity index (χ1) is 31.3. The van der Waals surface area contributed by atoms with E-state index in [2.05, 4.69) is 192 Å².